The van der Waals surface area contributed by atoms with Crippen LogP contribution in [-0.4, -0.2) is 64.0 Å². The Hall–Kier alpha value is -4.45. The summed E-state index contributed by atoms with van der Waals surface area (Å²) in [6.07, 6.45) is 0.0475. The molecule has 12 heteroatoms. The molecule has 0 saturated carbocycles. The van der Waals surface area contributed by atoms with E-state index >= 15 is 0 Å². The van der Waals surface area contributed by atoms with E-state index in [1.165, 1.54) is 24.3 Å². The molecule has 2 aromatic carbocycles. The van der Waals surface area contributed by atoms with Crippen molar-refractivity contribution in [3.8, 4) is 5.75 Å². The number of amides is 4. The van der Waals surface area contributed by atoms with Crippen LogP contribution >= 0.6 is 0 Å². The van der Waals surface area contributed by atoms with Crippen molar-refractivity contribution in [3.63, 3.8) is 0 Å². The molecule has 9 N–H and O–H groups in total. The lowest BCUT2D eigenvalue weighted by molar-refractivity contribution is -0.143. The van der Waals surface area contributed by atoms with Crippen LogP contribution in [0.15, 0.2) is 54.6 Å². The Labute approximate surface area is 232 Å². The second-order valence-corrected chi connectivity index (χ2v) is 9.67. The molecule has 0 fully saturated rings. The van der Waals surface area contributed by atoms with Gasteiger partial charge in [0.2, 0.25) is 23.6 Å². The maximum absolute atomic E-state index is 13.4. The largest absolute Gasteiger partial charge is 0.508 e. The van der Waals surface area contributed by atoms with E-state index in [4.69, 9.17) is 11.5 Å². The van der Waals surface area contributed by atoms with Gasteiger partial charge in [0.05, 0.1) is 12.5 Å². The number of primary amides is 1. The molecule has 4 amide bonds. The molecule has 0 aliphatic rings. The highest BCUT2D eigenvalue weighted by Crippen LogP contribution is 2.14. The number of hydrogen-bond donors (Lipinski definition) is 7. The average Bonchev–Trinajstić information content (AvgIpc) is 2.91. The highest BCUT2D eigenvalue weighted by molar-refractivity contribution is 5.95. The highest BCUT2D eigenvalue weighted by Gasteiger charge is 2.33. The van der Waals surface area contributed by atoms with Gasteiger partial charge >= 0.3 is 5.97 Å². The lowest BCUT2D eigenvalue weighted by Gasteiger charge is -2.28. The summed E-state index contributed by atoms with van der Waals surface area (Å²) in [5, 5.41) is 26.5. The van der Waals surface area contributed by atoms with Gasteiger partial charge < -0.3 is 37.6 Å². The van der Waals surface area contributed by atoms with E-state index in [0.717, 1.165) is 5.56 Å². The van der Waals surface area contributed by atoms with Gasteiger partial charge in [-0.1, -0.05) is 62.7 Å². The Balaban J connectivity index is 2.24. The molecule has 0 aliphatic heterocycles. The minimum atomic E-state index is -1.61. The first-order valence-electron chi connectivity index (χ1n) is 12.9. The van der Waals surface area contributed by atoms with Crippen molar-refractivity contribution in [2.24, 2.45) is 17.4 Å². The summed E-state index contributed by atoms with van der Waals surface area (Å²) < 4.78 is 0. The van der Waals surface area contributed by atoms with Gasteiger partial charge in [0.15, 0.2) is 0 Å². The molecular formula is C28H37N5O7. The quantitative estimate of drug-likeness (QED) is 0.158. The van der Waals surface area contributed by atoms with Crippen LogP contribution in [0.5, 0.6) is 5.75 Å². The summed E-state index contributed by atoms with van der Waals surface area (Å²) in [5.74, 6) is -4.84. The van der Waals surface area contributed by atoms with E-state index in [1.54, 1.807) is 6.92 Å². The fourth-order valence-corrected chi connectivity index (χ4v) is 3.94. The number of carbonyl (C=O) groups is 5. The Morgan fingerprint density at radius 2 is 1.38 bits per heavy atom. The lowest BCUT2D eigenvalue weighted by atomic mass is 9.96. The Morgan fingerprint density at radius 1 is 0.800 bits per heavy atom. The summed E-state index contributed by atoms with van der Waals surface area (Å²) in [6, 6.07) is 10.2. The third-order valence-electron chi connectivity index (χ3n) is 6.46. The number of phenolic OH excluding ortho intramolecular Hbond substituents is 1. The maximum Gasteiger partial charge on any atom is 0.326 e. The van der Waals surface area contributed by atoms with E-state index < -0.39 is 60.2 Å². The first kappa shape index (κ1) is 31.8. The highest BCUT2D eigenvalue weighted by atomic mass is 16.4. The van der Waals surface area contributed by atoms with E-state index in [2.05, 4.69) is 16.0 Å². The van der Waals surface area contributed by atoms with Crippen LogP contribution < -0.4 is 27.4 Å². The number of benzene rings is 2. The standard InChI is InChI=1S/C28H37N5O7/c1-3-16(2)24(33-25(36)20(29)13-17-7-5-4-6-8-17)27(38)31-21(14-18-9-11-19(34)12-10-18)26(37)32-22(28(39)40)15-23(30)35/h4-12,16,20-22,24,34H,3,13-15,29H2,1-2H3,(H2,30,35)(H,31,38)(H,32,37)(H,33,36)(H,39,40). The summed E-state index contributed by atoms with van der Waals surface area (Å²) in [6.45, 7) is 3.60. The van der Waals surface area contributed by atoms with Crippen molar-refractivity contribution in [2.75, 3.05) is 0 Å². The molecule has 5 unspecified atom stereocenters. The van der Waals surface area contributed by atoms with Gasteiger partial charge in [0.1, 0.15) is 23.9 Å². The van der Waals surface area contributed by atoms with Crippen LogP contribution in [0.2, 0.25) is 0 Å². The Bertz CT molecular complexity index is 1170. The van der Waals surface area contributed by atoms with Gasteiger partial charge in [-0.2, -0.15) is 0 Å². The number of nitrogens with two attached hydrogens (primary N) is 2. The molecule has 12 nitrogen and oxygen atoms in total. The van der Waals surface area contributed by atoms with Crippen molar-refractivity contribution in [2.45, 2.75) is 63.7 Å². The van der Waals surface area contributed by atoms with E-state index in [0.29, 0.717) is 12.0 Å². The van der Waals surface area contributed by atoms with E-state index in [1.807, 2.05) is 37.3 Å². The van der Waals surface area contributed by atoms with Crippen LogP contribution in [0.25, 0.3) is 0 Å². The van der Waals surface area contributed by atoms with Crippen LogP contribution in [0.1, 0.15) is 37.8 Å². The number of rotatable bonds is 15. The molecular weight excluding hydrogens is 518 g/mol. The number of carboxylic acids is 1. The fourth-order valence-electron chi connectivity index (χ4n) is 3.94. The minimum Gasteiger partial charge on any atom is -0.508 e. The summed E-state index contributed by atoms with van der Waals surface area (Å²) >= 11 is 0. The summed E-state index contributed by atoms with van der Waals surface area (Å²) in [5.41, 5.74) is 12.6. The van der Waals surface area contributed by atoms with Crippen molar-refractivity contribution in [3.05, 3.63) is 65.7 Å². The number of phenols is 1. The third kappa shape index (κ3) is 10.0. The van der Waals surface area contributed by atoms with E-state index in [-0.39, 0.29) is 24.5 Å². The second-order valence-electron chi connectivity index (χ2n) is 9.67. The number of aliphatic carboxylic acids is 1. The molecule has 2 aromatic rings. The number of hydrogen-bond acceptors (Lipinski definition) is 7. The molecule has 216 valence electrons. The predicted molar refractivity (Wildman–Crippen MR) is 147 cm³/mol. The van der Waals surface area contributed by atoms with Crippen LogP contribution in [0.3, 0.4) is 0 Å². The van der Waals surface area contributed by atoms with Crippen LogP contribution in [-0.2, 0) is 36.8 Å². The average molecular weight is 556 g/mol. The molecule has 0 aromatic heterocycles. The van der Waals surface area contributed by atoms with Crippen molar-refractivity contribution in [1.82, 2.24) is 16.0 Å². The van der Waals surface area contributed by atoms with Crippen LogP contribution in [0, 0.1) is 5.92 Å². The first-order chi connectivity index (χ1) is 18.9. The third-order valence-corrected chi connectivity index (χ3v) is 6.46. The fraction of sp³-hybridized carbons (Fsp3) is 0.393. The molecule has 0 aliphatic carbocycles. The number of carboxylic acid groups (broad SMARTS) is 1. The molecule has 0 heterocycles. The predicted octanol–water partition coefficient (Wildman–Crippen LogP) is -0.0348. The smallest absolute Gasteiger partial charge is 0.326 e. The lowest BCUT2D eigenvalue weighted by Crippen LogP contribution is -2.59. The molecule has 0 spiro atoms. The second kappa shape index (κ2) is 15.2. The van der Waals surface area contributed by atoms with Crippen molar-refractivity contribution in [1.29, 1.82) is 0 Å². The Morgan fingerprint density at radius 3 is 1.93 bits per heavy atom. The molecule has 5 atom stereocenters. The molecule has 0 bridgehead atoms. The zero-order chi connectivity index (χ0) is 29.8. The van der Waals surface area contributed by atoms with Crippen molar-refractivity contribution >= 4 is 29.6 Å². The summed E-state index contributed by atoms with van der Waals surface area (Å²) in [4.78, 5) is 62.4. The van der Waals surface area contributed by atoms with Gasteiger partial charge in [-0.05, 0) is 35.6 Å². The molecule has 40 heavy (non-hydrogen) atoms. The number of carbonyl (C=O) groups excluding carboxylic acids is 4. The normalized spacial score (nSPS) is 14.6. The van der Waals surface area contributed by atoms with Crippen LogP contribution in [0.4, 0.5) is 0 Å². The van der Waals surface area contributed by atoms with Gasteiger partial charge in [0.25, 0.3) is 0 Å². The van der Waals surface area contributed by atoms with Gasteiger partial charge in [-0.3, -0.25) is 19.2 Å². The minimum absolute atomic E-state index is 0.00687. The first-order valence-corrected chi connectivity index (χ1v) is 12.9. The van der Waals surface area contributed by atoms with Crippen molar-refractivity contribution < 1.29 is 34.2 Å². The maximum atomic E-state index is 13.4. The topological polar surface area (TPSA) is 214 Å². The van der Waals surface area contributed by atoms with Gasteiger partial charge in [-0.25, -0.2) is 4.79 Å². The molecule has 0 saturated heterocycles. The molecule has 0 radical (unpaired) electrons. The zero-order valence-corrected chi connectivity index (χ0v) is 22.5. The Kier molecular flexibility index (Phi) is 12.1. The monoisotopic (exact) mass is 555 g/mol. The summed E-state index contributed by atoms with van der Waals surface area (Å²) in [7, 11) is 0. The zero-order valence-electron chi connectivity index (χ0n) is 22.5. The van der Waals surface area contributed by atoms with E-state index in [9.17, 15) is 34.2 Å². The van der Waals surface area contributed by atoms with Gasteiger partial charge in [-0.15, -0.1) is 0 Å². The number of nitrogens with one attached hydrogen (secondary N) is 3. The van der Waals surface area contributed by atoms with Gasteiger partial charge in [0, 0.05) is 6.42 Å². The number of aromatic hydroxyl groups is 1. The SMILES string of the molecule is CCC(C)C(NC(=O)C(N)Cc1ccccc1)C(=O)NC(Cc1ccc(O)cc1)C(=O)NC(CC(N)=O)C(=O)O. The molecule has 2 rings (SSSR count).